The number of Topliss-reactive ketones (excluding diaryl/α,β-unsaturated/α-hetero) is 2. The van der Waals surface area contributed by atoms with Crippen LogP contribution in [-0.4, -0.2) is 133 Å². The van der Waals surface area contributed by atoms with E-state index in [0.717, 1.165) is 16.5 Å². The monoisotopic (exact) mass is 845 g/mol. The maximum absolute atomic E-state index is 14.7. The van der Waals surface area contributed by atoms with E-state index in [1.54, 1.807) is 54.1 Å². The first-order chi connectivity index (χ1) is 27.7. The fourth-order valence-electron chi connectivity index (χ4n) is 8.95. The van der Waals surface area contributed by atoms with Crippen LogP contribution in [0.2, 0.25) is 0 Å². The van der Waals surface area contributed by atoms with Gasteiger partial charge in [0, 0.05) is 41.3 Å². The van der Waals surface area contributed by atoms with E-state index in [1.807, 2.05) is 48.2 Å². The van der Waals surface area contributed by atoms with Gasteiger partial charge in [-0.3, -0.25) is 23.9 Å². The van der Waals surface area contributed by atoms with E-state index in [9.17, 15) is 37.3 Å². The summed E-state index contributed by atoms with van der Waals surface area (Å²) < 4.78 is 65.6. The Morgan fingerprint density at radius 3 is 2.36 bits per heavy atom. The number of cyclic esters (lactones) is 1. The second-order valence-electron chi connectivity index (χ2n) is 16.7. The highest BCUT2D eigenvalue weighted by Gasteiger charge is 2.57. The molecule has 1 amide bonds. The fraction of sp³-hybridized carbons (Fsp3) is 0.643. The maximum Gasteiger partial charge on any atom is 0.408 e. The van der Waals surface area contributed by atoms with Crippen molar-refractivity contribution in [3.8, 4) is 0 Å². The Labute approximate surface area is 346 Å². The van der Waals surface area contributed by atoms with Crippen LogP contribution in [0.4, 0.5) is 4.79 Å². The molecule has 2 unspecified atom stereocenters. The molecule has 0 spiro atoms. The summed E-state index contributed by atoms with van der Waals surface area (Å²) in [6, 6.07) is 8.21. The number of aliphatic hydroxyl groups is 1. The summed E-state index contributed by atoms with van der Waals surface area (Å²) in [7, 11) is -1.34. The van der Waals surface area contributed by atoms with Crippen LogP contribution in [0, 0.1) is 29.6 Å². The second-order valence-corrected chi connectivity index (χ2v) is 18.2. The van der Waals surface area contributed by atoms with Gasteiger partial charge >= 0.3 is 12.1 Å². The fourth-order valence-corrected chi connectivity index (χ4v) is 9.67. The highest BCUT2D eigenvalue weighted by molar-refractivity contribution is 7.85. The van der Waals surface area contributed by atoms with E-state index >= 15 is 0 Å². The van der Waals surface area contributed by atoms with Gasteiger partial charge in [-0.25, -0.2) is 4.79 Å². The van der Waals surface area contributed by atoms with Crippen molar-refractivity contribution in [1.82, 2.24) is 15.2 Å². The summed E-state index contributed by atoms with van der Waals surface area (Å²) in [4.78, 5) is 62.5. The normalized spacial score (nSPS) is 36.6. The zero-order valence-electron chi connectivity index (χ0n) is 35.1. The van der Waals surface area contributed by atoms with Crippen LogP contribution in [-0.2, 0) is 48.2 Å². The molecule has 1 aromatic carbocycles. The quantitative estimate of drug-likeness (QED) is 0.176. The molecule has 17 heteroatoms. The molecule has 0 bridgehead atoms. The van der Waals surface area contributed by atoms with Crippen molar-refractivity contribution in [2.24, 2.45) is 29.6 Å². The number of ether oxygens (including phenoxy) is 5. The lowest BCUT2D eigenvalue weighted by Crippen LogP contribution is -2.59. The third kappa shape index (κ3) is 10.4. The molecule has 326 valence electrons. The standard InChI is InChI=1S/C42H59N3O13S/c1-10-32-42(7)38(44-41(50)58-42)25(5)33(46)23(3)36(54-17-13-14-27-19-28-15-11-12-16-30(28)43-20-27)26(6)37(57-40-35(48)31(45(8)9)18-22(2)55-40)24(4)34(47)29(39(49)56-32)21-59(51,52)53/h11-16,19-20,22-26,29,31-32,35-38,40,48H,10,17-18,21H2,1-9H3,(H,44,50)(H,51,52,53)/b14-13+/t22-,23+,24+,25+,26+,29?,31+,32-,35-,36+,37-,38?,40+,42-/m1/s1. The van der Waals surface area contributed by atoms with Crippen LogP contribution in [0.15, 0.2) is 42.6 Å². The number of para-hydroxylation sites is 1. The van der Waals surface area contributed by atoms with Crippen molar-refractivity contribution < 1.29 is 60.9 Å². The predicted octanol–water partition coefficient (Wildman–Crippen LogP) is 3.83. The molecule has 0 radical (unpaired) electrons. The summed E-state index contributed by atoms with van der Waals surface area (Å²) in [6.07, 6.45) is -1.43. The average Bonchev–Trinajstić information content (AvgIpc) is 3.50. The Balaban J connectivity index is 1.60. The molecule has 0 saturated carbocycles. The first kappa shape index (κ1) is 46.2. The topological polar surface area (TPSA) is 217 Å². The van der Waals surface area contributed by atoms with E-state index in [-0.39, 0.29) is 24.9 Å². The van der Waals surface area contributed by atoms with Crippen LogP contribution >= 0.6 is 0 Å². The average molecular weight is 846 g/mol. The van der Waals surface area contributed by atoms with E-state index in [4.69, 9.17) is 23.7 Å². The number of pyridine rings is 1. The molecule has 4 heterocycles. The number of ketones is 2. The number of hydrogen-bond acceptors (Lipinski definition) is 14. The second kappa shape index (κ2) is 18.8. The Bertz CT molecular complexity index is 1990. The molecule has 3 aliphatic rings. The number of nitrogens with zero attached hydrogens (tertiary/aromatic N) is 2. The van der Waals surface area contributed by atoms with Crippen molar-refractivity contribution in [2.75, 3.05) is 26.5 Å². The summed E-state index contributed by atoms with van der Waals surface area (Å²) in [6.45, 7) is 11.4. The highest BCUT2D eigenvalue weighted by atomic mass is 32.2. The van der Waals surface area contributed by atoms with Gasteiger partial charge in [0.25, 0.3) is 10.1 Å². The van der Waals surface area contributed by atoms with Gasteiger partial charge in [0.1, 0.15) is 23.9 Å². The van der Waals surface area contributed by atoms with Crippen LogP contribution in [0.1, 0.15) is 66.9 Å². The van der Waals surface area contributed by atoms with Crippen molar-refractivity contribution in [1.29, 1.82) is 0 Å². The van der Waals surface area contributed by atoms with Crippen LogP contribution in [0.25, 0.3) is 17.0 Å². The summed E-state index contributed by atoms with van der Waals surface area (Å²) in [5.41, 5.74) is 0.00751. The number of carbonyl (C=O) groups is 4. The molecule has 3 aliphatic heterocycles. The Morgan fingerprint density at radius 2 is 1.69 bits per heavy atom. The number of fused-ring (bicyclic) bond motifs is 2. The molecule has 59 heavy (non-hydrogen) atoms. The van der Waals surface area contributed by atoms with Crippen LogP contribution < -0.4 is 5.32 Å². The minimum absolute atomic E-state index is 0.0121. The van der Waals surface area contributed by atoms with E-state index in [1.165, 1.54) is 13.8 Å². The number of nitrogens with one attached hydrogen (secondary N) is 1. The molecule has 0 aliphatic carbocycles. The van der Waals surface area contributed by atoms with Crippen molar-refractivity contribution in [2.45, 2.75) is 116 Å². The van der Waals surface area contributed by atoms with Crippen molar-refractivity contribution >= 4 is 50.7 Å². The molecule has 16 nitrogen and oxygen atoms in total. The highest BCUT2D eigenvalue weighted by Crippen LogP contribution is 2.39. The number of benzene rings is 1. The molecule has 14 atom stereocenters. The zero-order chi connectivity index (χ0) is 43.6. The smallest absolute Gasteiger partial charge is 0.408 e. The third-order valence-corrected chi connectivity index (χ3v) is 13.0. The van der Waals surface area contributed by atoms with E-state index in [0.29, 0.717) is 6.42 Å². The number of carbonyl (C=O) groups excluding carboxylic acids is 4. The number of aliphatic hydroxyl groups excluding tert-OH is 1. The van der Waals surface area contributed by atoms with Gasteiger partial charge in [-0.05, 0) is 58.5 Å². The summed E-state index contributed by atoms with van der Waals surface area (Å²) in [5, 5.41) is 15.2. The molecule has 2 aromatic rings. The van der Waals surface area contributed by atoms with Crippen LogP contribution in [0.5, 0.6) is 0 Å². The number of aromatic nitrogens is 1. The van der Waals surface area contributed by atoms with Gasteiger partial charge in [0.2, 0.25) is 0 Å². The van der Waals surface area contributed by atoms with Crippen molar-refractivity contribution in [3.05, 3.63) is 48.2 Å². The molecule has 1 aromatic heterocycles. The molecule has 5 rings (SSSR count). The Kier molecular flexibility index (Phi) is 14.8. The molecular weight excluding hydrogens is 787 g/mol. The summed E-state index contributed by atoms with van der Waals surface area (Å²) >= 11 is 0. The van der Waals surface area contributed by atoms with Gasteiger partial charge in [0.15, 0.2) is 17.7 Å². The Morgan fingerprint density at radius 1 is 1.02 bits per heavy atom. The zero-order valence-corrected chi connectivity index (χ0v) is 36.0. The van der Waals surface area contributed by atoms with Gasteiger partial charge in [-0.1, -0.05) is 65.0 Å². The van der Waals surface area contributed by atoms with E-state index < -0.39 is 112 Å². The molecule has 3 fully saturated rings. The van der Waals surface area contributed by atoms with Gasteiger partial charge < -0.3 is 39.0 Å². The molecule has 3 saturated heterocycles. The third-order valence-electron chi connectivity index (χ3n) is 12.2. The lowest BCUT2D eigenvalue weighted by Gasteiger charge is -2.45. The van der Waals surface area contributed by atoms with Crippen molar-refractivity contribution in [3.63, 3.8) is 0 Å². The lowest BCUT2D eigenvalue weighted by molar-refractivity contribution is -0.281. The predicted molar refractivity (Wildman–Crippen MR) is 216 cm³/mol. The molecular formula is C42H59N3O13S. The Hall–Kier alpha value is -3.84. The maximum atomic E-state index is 14.7. The van der Waals surface area contributed by atoms with E-state index in [2.05, 4.69) is 10.3 Å². The van der Waals surface area contributed by atoms with Crippen LogP contribution in [0.3, 0.4) is 0 Å². The molecule has 3 N–H and O–H groups in total. The number of amides is 1. The number of esters is 1. The lowest BCUT2D eigenvalue weighted by atomic mass is 9.74. The minimum Gasteiger partial charge on any atom is -0.457 e. The minimum atomic E-state index is -4.95. The number of alkyl carbamates (subject to hydrolysis) is 1. The van der Waals surface area contributed by atoms with Gasteiger partial charge in [0.05, 0.1) is 42.2 Å². The number of likely N-dealkylation sites (N-methyl/N-ethyl adjacent to an activating group) is 1. The van der Waals surface area contributed by atoms with Gasteiger partial charge in [-0.2, -0.15) is 8.42 Å². The SMILES string of the molecule is CC[C@H]1OC(=O)C(CS(=O)(=O)O)C(=O)[C@H](C)[C@@H](O[C@@H]2O[C@H](C)C[C@H](N(C)C)[C@H]2O)[C@@H](C)[C@@H](OC/C=C/c2cnc3ccccc3c2)[C@@H](C)C(=O)[C@H](C)C2NC(=O)O[C@@]21C. The van der Waals surface area contributed by atoms with Gasteiger partial charge in [-0.15, -0.1) is 0 Å². The first-order valence-electron chi connectivity index (χ1n) is 20.2. The largest absolute Gasteiger partial charge is 0.457 e. The summed E-state index contributed by atoms with van der Waals surface area (Å²) in [5.74, 6) is -9.95. The first-order valence-corrected chi connectivity index (χ1v) is 21.8. The number of rotatable bonds is 10. The number of hydrogen-bond donors (Lipinski definition) is 3.